The standard InChI is InChI=1S/C16H16O2/c1-3-7-12-10-14(13-8-5-4-6-9-13)16(17)15(11-12)18-2/h3-6,8-11,17H,1,7H2,2H3. The maximum absolute atomic E-state index is 10.2. The fraction of sp³-hybridized carbons (Fsp3) is 0.125. The second-order valence-corrected chi connectivity index (χ2v) is 4.05. The Labute approximate surface area is 107 Å². The van der Waals surface area contributed by atoms with Crippen LogP contribution in [0.3, 0.4) is 0 Å². The Kier molecular flexibility index (Phi) is 3.68. The van der Waals surface area contributed by atoms with E-state index in [1.165, 1.54) is 0 Å². The molecule has 0 saturated carbocycles. The Morgan fingerprint density at radius 3 is 2.56 bits per heavy atom. The van der Waals surface area contributed by atoms with Gasteiger partial charge in [-0.3, -0.25) is 0 Å². The van der Waals surface area contributed by atoms with Crippen LogP contribution < -0.4 is 4.74 Å². The molecule has 2 heteroatoms. The van der Waals surface area contributed by atoms with Gasteiger partial charge >= 0.3 is 0 Å². The highest BCUT2D eigenvalue weighted by molar-refractivity contribution is 5.74. The summed E-state index contributed by atoms with van der Waals surface area (Å²) < 4.78 is 5.21. The maximum Gasteiger partial charge on any atom is 0.165 e. The molecule has 0 unspecified atom stereocenters. The molecule has 0 aliphatic carbocycles. The van der Waals surface area contributed by atoms with Crippen molar-refractivity contribution in [2.75, 3.05) is 7.11 Å². The molecule has 2 aromatic carbocycles. The van der Waals surface area contributed by atoms with Crippen molar-refractivity contribution in [1.82, 2.24) is 0 Å². The van der Waals surface area contributed by atoms with Gasteiger partial charge in [-0.2, -0.15) is 0 Å². The zero-order chi connectivity index (χ0) is 13.0. The third kappa shape index (κ3) is 2.38. The number of rotatable bonds is 4. The number of phenols is 1. The molecule has 2 aromatic rings. The number of hydrogen-bond acceptors (Lipinski definition) is 2. The van der Waals surface area contributed by atoms with Gasteiger partial charge in [-0.05, 0) is 29.7 Å². The van der Waals surface area contributed by atoms with Gasteiger partial charge < -0.3 is 9.84 Å². The van der Waals surface area contributed by atoms with Crippen molar-refractivity contribution >= 4 is 0 Å². The van der Waals surface area contributed by atoms with Crippen molar-refractivity contribution in [2.45, 2.75) is 6.42 Å². The molecule has 0 aromatic heterocycles. The van der Waals surface area contributed by atoms with E-state index in [2.05, 4.69) is 6.58 Å². The molecular formula is C16H16O2. The average molecular weight is 240 g/mol. The Morgan fingerprint density at radius 2 is 1.94 bits per heavy atom. The van der Waals surface area contributed by atoms with Gasteiger partial charge in [0.05, 0.1) is 7.11 Å². The Morgan fingerprint density at radius 1 is 1.22 bits per heavy atom. The lowest BCUT2D eigenvalue weighted by atomic mass is 10.00. The molecule has 2 nitrogen and oxygen atoms in total. The van der Waals surface area contributed by atoms with Crippen LogP contribution in [0.4, 0.5) is 0 Å². The summed E-state index contributed by atoms with van der Waals surface area (Å²) in [6.45, 7) is 3.73. The fourth-order valence-electron chi connectivity index (χ4n) is 1.94. The number of aromatic hydroxyl groups is 1. The van der Waals surface area contributed by atoms with E-state index in [-0.39, 0.29) is 5.75 Å². The summed E-state index contributed by atoms with van der Waals surface area (Å²) in [7, 11) is 1.56. The molecule has 0 spiro atoms. The number of ether oxygens (including phenoxy) is 1. The largest absolute Gasteiger partial charge is 0.504 e. The third-order valence-corrected chi connectivity index (χ3v) is 2.82. The molecule has 0 bridgehead atoms. The van der Waals surface area contributed by atoms with Crippen molar-refractivity contribution in [1.29, 1.82) is 0 Å². The van der Waals surface area contributed by atoms with Gasteiger partial charge in [0.2, 0.25) is 0 Å². The predicted octanol–water partition coefficient (Wildman–Crippen LogP) is 3.80. The van der Waals surface area contributed by atoms with E-state index >= 15 is 0 Å². The molecule has 2 rings (SSSR count). The van der Waals surface area contributed by atoms with Crippen LogP contribution in [0.25, 0.3) is 11.1 Å². The van der Waals surface area contributed by atoms with Crippen LogP contribution in [0.2, 0.25) is 0 Å². The second kappa shape index (κ2) is 5.41. The first-order valence-electron chi connectivity index (χ1n) is 5.82. The van der Waals surface area contributed by atoms with E-state index in [1.54, 1.807) is 7.11 Å². The number of benzene rings is 2. The van der Waals surface area contributed by atoms with E-state index in [0.717, 1.165) is 23.1 Å². The summed E-state index contributed by atoms with van der Waals surface area (Å²) in [4.78, 5) is 0. The van der Waals surface area contributed by atoms with Crippen LogP contribution in [-0.2, 0) is 6.42 Å². The third-order valence-electron chi connectivity index (χ3n) is 2.82. The quantitative estimate of drug-likeness (QED) is 0.824. The van der Waals surface area contributed by atoms with Gasteiger partial charge in [-0.15, -0.1) is 6.58 Å². The van der Waals surface area contributed by atoms with E-state index in [0.29, 0.717) is 5.75 Å². The first-order chi connectivity index (χ1) is 8.76. The highest BCUT2D eigenvalue weighted by Crippen LogP contribution is 2.38. The molecular weight excluding hydrogens is 224 g/mol. The molecule has 0 aliphatic heterocycles. The topological polar surface area (TPSA) is 29.5 Å². The first-order valence-corrected chi connectivity index (χ1v) is 5.82. The van der Waals surface area contributed by atoms with Gasteiger partial charge in [-0.25, -0.2) is 0 Å². The Balaban J connectivity index is 2.58. The summed E-state index contributed by atoms with van der Waals surface area (Å²) in [5, 5.41) is 10.2. The maximum atomic E-state index is 10.2. The molecule has 1 N–H and O–H groups in total. The molecule has 0 heterocycles. The lowest BCUT2D eigenvalue weighted by Crippen LogP contribution is -1.90. The van der Waals surface area contributed by atoms with Crippen molar-refractivity contribution in [2.24, 2.45) is 0 Å². The number of phenolic OH excluding ortho intramolecular Hbond substituents is 1. The van der Waals surface area contributed by atoms with Crippen LogP contribution in [0.1, 0.15) is 5.56 Å². The lowest BCUT2D eigenvalue weighted by Gasteiger charge is -2.11. The van der Waals surface area contributed by atoms with Crippen LogP contribution in [-0.4, -0.2) is 12.2 Å². The molecule has 0 saturated heterocycles. The summed E-state index contributed by atoms with van der Waals surface area (Å²) >= 11 is 0. The number of hydrogen-bond donors (Lipinski definition) is 1. The highest BCUT2D eigenvalue weighted by atomic mass is 16.5. The van der Waals surface area contributed by atoms with Crippen LogP contribution in [0, 0.1) is 0 Å². The Hall–Kier alpha value is -2.22. The molecule has 0 atom stereocenters. The smallest absolute Gasteiger partial charge is 0.165 e. The van der Waals surface area contributed by atoms with Gasteiger partial charge in [0.1, 0.15) is 0 Å². The summed E-state index contributed by atoms with van der Waals surface area (Å²) in [6.07, 6.45) is 2.58. The normalized spacial score (nSPS) is 10.1. The lowest BCUT2D eigenvalue weighted by molar-refractivity contribution is 0.374. The minimum atomic E-state index is 0.177. The molecule has 0 fully saturated rings. The van der Waals surface area contributed by atoms with Gasteiger partial charge in [0, 0.05) is 5.56 Å². The van der Waals surface area contributed by atoms with Gasteiger partial charge in [0.15, 0.2) is 11.5 Å². The van der Waals surface area contributed by atoms with Crippen LogP contribution in [0.5, 0.6) is 11.5 Å². The van der Waals surface area contributed by atoms with Gasteiger partial charge in [0.25, 0.3) is 0 Å². The monoisotopic (exact) mass is 240 g/mol. The molecule has 92 valence electrons. The molecule has 18 heavy (non-hydrogen) atoms. The van der Waals surface area contributed by atoms with Crippen molar-refractivity contribution in [3.05, 3.63) is 60.7 Å². The van der Waals surface area contributed by atoms with Crippen LogP contribution in [0.15, 0.2) is 55.1 Å². The number of methoxy groups -OCH3 is 1. The summed E-state index contributed by atoms with van der Waals surface area (Å²) in [5.41, 5.74) is 2.82. The highest BCUT2D eigenvalue weighted by Gasteiger charge is 2.11. The summed E-state index contributed by atoms with van der Waals surface area (Å²) in [6, 6.07) is 13.6. The fourth-order valence-corrected chi connectivity index (χ4v) is 1.94. The van der Waals surface area contributed by atoms with E-state index in [9.17, 15) is 5.11 Å². The Bertz CT molecular complexity index is 545. The SMILES string of the molecule is C=CCc1cc(OC)c(O)c(-c2ccccc2)c1. The van der Waals surface area contributed by atoms with E-state index in [4.69, 9.17) is 4.74 Å². The van der Waals surface area contributed by atoms with Crippen molar-refractivity contribution in [3.63, 3.8) is 0 Å². The first kappa shape index (κ1) is 12.2. The van der Waals surface area contributed by atoms with Crippen LogP contribution >= 0.6 is 0 Å². The molecule has 0 amide bonds. The van der Waals surface area contributed by atoms with Gasteiger partial charge in [-0.1, -0.05) is 36.4 Å². The number of allylic oxidation sites excluding steroid dienone is 1. The summed E-state index contributed by atoms with van der Waals surface area (Å²) in [5.74, 6) is 0.671. The predicted molar refractivity (Wildman–Crippen MR) is 74.0 cm³/mol. The van der Waals surface area contributed by atoms with E-state index < -0.39 is 0 Å². The van der Waals surface area contributed by atoms with E-state index in [1.807, 2.05) is 48.5 Å². The van der Waals surface area contributed by atoms with Crippen molar-refractivity contribution in [3.8, 4) is 22.6 Å². The minimum Gasteiger partial charge on any atom is -0.504 e. The minimum absolute atomic E-state index is 0.177. The zero-order valence-corrected chi connectivity index (χ0v) is 10.4. The average Bonchev–Trinajstić information content (AvgIpc) is 2.42. The molecule has 0 radical (unpaired) electrons. The molecule has 0 aliphatic rings. The second-order valence-electron chi connectivity index (χ2n) is 4.05. The van der Waals surface area contributed by atoms with Crippen molar-refractivity contribution < 1.29 is 9.84 Å². The zero-order valence-electron chi connectivity index (χ0n) is 10.4.